The Bertz CT molecular complexity index is 591. The maximum atomic E-state index is 12.6. The Labute approximate surface area is 145 Å². The fourth-order valence-electron chi connectivity index (χ4n) is 2.95. The van der Waals surface area contributed by atoms with Crippen LogP contribution in [0.15, 0.2) is 24.3 Å². The Kier molecular flexibility index (Phi) is 4.49. The smallest absolute Gasteiger partial charge is 0.399 e. The zero-order valence-corrected chi connectivity index (χ0v) is 15.3. The van der Waals surface area contributed by atoms with Gasteiger partial charge in [0.25, 0.3) is 5.91 Å². The molecule has 0 aromatic heterocycles. The molecule has 2 saturated heterocycles. The van der Waals surface area contributed by atoms with E-state index in [1.54, 1.807) is 0 Å². The Morgan fingerprint density at radius 2 is 1.46 bits per heavy atom. The largest absolute Gasteiger partial charge is 0.494 e. The van der Waals surface area contributed by atoms with Gasteiger partial charge in [0.05, 0.1) is 11.2 Å². The first-order valence-electron chi connectivity index (χ1n) is 8.63. The van der Waals surface area contributed by atoms with Gasteiger partial charge < -0.3 is 19.1 Å². The number of carbonyl (C=O) groups is 1. The Morgan fingerprint density at radius 1 is 0.958 bits per heavy atom. The van der Waals surface area contributed by atoms with Crippen molar-refractivity contribution in [3.05, 3.63) is 29.8 Å². The number of piperazine rings is 1. The second kappa shape index (κ2) is 6.17. The van der Waals surface area contributed by atoms with E-state index in [4.69, 9.17) is 9.31 Å². The first-order chi connectivity index (χ1) is 11.2. The summed E-state index contributed by atoms with van der Waals surface area (Å²) >= 11 is 0. The van der Waals surface area contributed by atoms with Gasteiger partial charge in [0.2, 0.25) is 0 Å². The number of amides is 1. The van der Waals surface area contributed by atoms with E-state index in [1.165, 1.54) is 0 Å². The molecule has 2 aliphatic heterocycles. The molecule has 24 heavy (non-hydrogen) atoms. The van der Waals surface area contributed by atoms with Gasteiger partial charge in [-0.3, -0.25) is 4.79 Å². The molecule has 0 aliphatic carbocycles. The van der Waals surface area contributed by atoms with Crippen molar-refractivity contribution in [3.8, 4) is 0 Å². The molecule has 0 radical (unpaired) electrons. The molecule has 1 amide bonds. The summed E-state index contributed by atoms with van der Waals surface area (Å²) in [7, 11) is 1.70. The lowest BCUT2D eigenvalue weighted by atomic mass is 9.79. The lowest BCUT2D eigenvalue weighted by molar-refractivity contribution is 0.00578. The topological polar surface area (TPSA) is 42.0 Å². The van der Waals surface area contributed by atoms with Gasteiger partial charge in [-0.05, 0) is 52.3 Å². The minimum absolute atomic E-state index is 0.101. The predicted octanol–water partition coefficient (Wildman–Crippen LogP) is 1.37. The highest BCUT2D eigenvalue weighted by molar-refractivity contribution is 6.62. The second-order valence-corrected chi connectivity index (χ2v) is 7.81. The highest BCUT2D eigenvalue weighted by Gasteiger charge is 2.51. The molecule has 6 heteroatoms. The van der Waals surface area contributed by atoms with E-state index < -0.39 is 0 Å². The lowest BCUT2D eigenvalue weighted by Crippen LogP contribution is -2.47. The van der Waals surface area contributed by atoms with E-state index in [2.05, 4.69) is 11.9 Å². The molecule has 0 bridgehead atoms. The van der Waals surface area contributed by atoms with Crippen LogP contribution in [-0.4, -0.2) is 67.3 Å². The van der Waals surface area contributed by atoms with Gasteiger partial charge in [-0.25, -0.2) is 0 Å². The standard InChI is InChI=1S/C18H27BN2O3/c1-17(2)18(3,4)24-19(23-17)15-8-6-14(7-9-15)16(22)21-12-10-20(5)11-13-21/h6-9H,10-13H2,1-5H3/i16+2. The van der Waals surface area contributed by atoms with Crippen molar-refractivity contribution in [2.75, 3.05) is 33.2 Å². The molecule has 0 unspecified atom stereocenters. The van der Waals surface area contributed by atoms with Gasteiger partial charge >= 0.3 is 7.12 Å². The Hall–Kier alpha value is -1.37. The molecule has 3 rings (SSSR count). The maximum Gasteiger partial charge on any atom is 0.494 e. The van der Waals surface area contributed by atoms with E-state index in [9.17, 15) is 4.79 Å². The molecular formula is C18H27BN2O3. The number of nitrogens with zero attached hydrogens (tertiary/aromatic N) is 2. The van der Waals surface area contributed by atoms with Crippen LogP contribution in [0.4, 0.5) is 0 Å². The molecule has 0 saturated carbocycles. The normalized spacial score (nSPS) is 23.5. The summed E-state index contributed by atoms with van der Waals surface area (Å²) in [4.78, 5) is 16.8. The fraction of sp³-hybridized carbons (Fsp3) is 0.611. The van der Waals surface area contributed by atoms with Crippen LogP contribution in [0.1, 0.15) is 38.1 Å². The van der Waals surface area contributed by atoms with Crippen LogP contribution in [0.2, 0.25) is 0 Å². The van der Waals surface area contributed by atoms with Gasteiger partial charge in [0.1, 0.15) is 0 Å². The molecule has 0 spiro atoms. The number of carbonyl (C=O) groups excluding carboxylic acids is 1. The number of rotatable bonds is 2. The molecule has 2 aliphatic rings. The van der Waals surface area contributed by atoms with Crippen LogP contribution in [0, 0.1) is 0 Å². The predicted molar refractivity (Wildman–Crippen MR) is 95.6 cm³/mol. The van der Waals surface area contributed by atoms with Gasteiger partial charge in [-0.1, -0.05) is 12.1 Å². The monoisotopic (exact) mass is 332 g/mol. The zero-order valence-electron chi connectivity index (χ0n) is 15.3. The highest BCUT2D eigenvalue weighted by Crippen LogP contribution is 2.36. The quantitative estimate of drug-likeness (QED) is 0.768. The Morgan fingerprint density at radius 3 is 1.96 bits per heavy atom. The van der Waals surface area contributed by atoms with Crippen LogP contribution in [0.3, 0.4) is 0 Å². The van der Waals surface area contributed by atoms with E-state index in [0.717, 1.165) is 37.2 Å². The van der Waals surface area contributed by atoms with E-state index >= 15 is 0 Å². The van der Waals surface area contributed by atoms with E-state index in [-0.39, 0.29) is 24.2 Å². The molecule has 5 nitrogen and oxygen atoms in total. The van der Waals surface area contributed by atoms with Crippen molar-refractivity contribution in [2.24, 2.45) is 0 Å². The van der Waals surface area contributed by atoms with Crippen molar-refractivity contribution in [1.82, 2.24) is 9.80 Å². The SMILES string of the molecule is CN1CCN([14C](=O)c2ccc(B3OC(C)(C)C(C)(C)O3)cc2)CC1. The van der Waals surface area contributed by atoms with Crippen LogP contribution in [-0.2, 0) is 9.31 Å². The van der Waals surface area contributed by atoms with Crippen LogP contribution in [0.5, 0.6) is 0 Å². The maximum absolute atomic E-state index is 12.6. The third-order valence-corrected chi connectivity index (χ3v) is 5.47. The van der Waals surface area contributed by atoms with Gasteiger partial charge in [-0.15, -0.1) is 0 Å². The summed E-state index contributed by atoms with van der Waals surface area (Å²) in [5, 5.41) is 0. The summed E-state index contributed by atoms with van der Waals surface area (Å²) in [5.41, 5.74) is 0.959. The molecule has 2 fully saturated rings. The molecule has 2 heterocycles. The summed E-state index contributed by atoms with van der Waals surface area (Å²) < 4.78 is 12.1. The number of hydrogen-bond donors (Lipinski definition) is 0. The third kappa shape index (κ3) is 3.23. The summed E-state index contributed by atoms with van der Waals surface area (Å²) in [5.74, 6) is 0.101. The molecule has 0 N–H and O–H groups in total. The molecule has 130 valence electrons. The average molecular weight is 332 g/mol. The summed E-state index contributed by atoms with van der Waals surface area (Å²) in [6.07, 6.45) is 0. The zero-order chi connectivity index (χ0) is 17.5. The average Bonchev–Trinajstić information content (AvgIpc) is 2.76. The fourth-order valence-corrected chi connectivity index (χ4v) is 2.95. The van der Waals surface area contributed by atoms with E-state index in [1.807, 2.05) is 56.9 Å². The first-order valence-corrected chi connectivity index (χ1v) is 8.63. The van der Waals surface area contributed by atoms with E-state index in [0.29, 0.717) is 0 Å². The first kappa shape index (κ1) is 17.5. The van der Waals surface area contributed by atoms with Gasteiger partial charge in [0, 0.05) is 31.7 Å². The molecule has 1 aromatic rings. The van der Waals surface area contributed by atoms with Crippen molar-refractivity contribution in [1.29, 1.82) is 0 Å². The van der Waals surface area contributed by atoms with Gasteiger partial charge in [-0.2, -0.15) is 0 Å². The summed E-state index contributed by atoms with van der Waals surface area (Å²) in [6.45, 7) is 11.6. The molecular weight excluding hydrogens is 305 g/mol. The van der Waals surface area contributed by atoms with Crippen molar-refractivity contribution >= 4 is 18.5 Å². The van der Waals surface area contributed by atoms with Crippen molar-refractivity contribution < 1.29 is 14.1 Å². The van der Waals surface area contributed by atoms with Gasteiger partial charge in [0.15, 0.2) is 0 Å². The third-order valence-electron chi connectivity index (χ3n) is 5.47. The van der Waals surface area contributed by atoms with Crippen molar-refractivity contribution in [2.45, 2.75) is 38.9 Å². The lowest BCUT2D eigenvalue weighted by Gasteiger charge is -2.32. The summed E-state index contributed by atoms with van der Waals surface area (Å²) in [6, 6.07) is 7.62. The van der Waals surface area contributed by atoms with Crippen molar-refractivity contribution in [3.63, 3.8) is 0 Å². The second-order valence-electron chi connectivity index (χ2n) is 7.81. The molecule has 0 atom stereocenters. The highest BCUT2D eigenvalue weighted by atomic mass is 16.7. The molecule has 1 aromatic carbocycles. The van der Waals surface area contributed by atoms with Crippen LogP contribution < -0.4 is 5.46 Å². The number of likely N-dealkylation sites (N-methyl/N-ethyl adjacent to an activating group) is 1. The minimum atomic E-state index is -0.386. The number of benzene rings is 1. The number of hydrogen-bond acceptors (Lipinski definition) is 4. The Balaban J connectivity index is 1.69. The minimum Gasteiger partial charge on any atom is -0.399 e. The van der Waals surface area contributed by atoms with Crippen LogP contribution >= 0.6 is 0 Å². The van der Waals surface area contributed by atoms with Crippen LogP contribution in [0.25, 0.3) is 0 Å².